The Morgan fingerprint density at radius 1 is 1.33 bits per heavy atom. The SMILES string of the molecule is CC[C@H](C(=N)CCc1cn[nH]c1)c1ccc(C/C=C/C(=O)O)cc1. The van der Waals surface area contributed by atoms with Crippen molar-refractivity contribution < 1.29 is 9.90 Å². The number of rotatable bonds is 9. The van der Waals surface area contributed by atoms with Gasteiger partial charge in [-0.25, -0.2) is 4.79 Å². The lowest BCUT2D eigenvalue weighted by Gasteiger charge is -2.17. The highest BCUT2D eigenvalue weighted by molar-refractivity contribution is 5.88. The summed E-state index contributed by atoms with van der Waals surface area (Å²) in [7, 11) is 0. The van der Waals surface area contributed by atoms with E-state index >= 15 is 0 Å². The van der Waals surface area contributed by atoms with Crippen molar-refractivity contribution in [2.45, 2.75) is 38.5 Å². The number of carbonyl (C=O) groups is 1. The van der Waals surface area contributed by atoms with Gasteiger partial charge in [-0.05, 0) is 42.4 Å². The molecule has 0 aliphatic heterocycles. The maximum Gasteiger partial charge on any atom is 0.327 e. The van der Waals surface area contributed by atoms with E-state index in [0.29, 0.717) is 6.42 Å². The molecule has 0 unspecified atom stereocenters. The van der Waals surface area contributed by atoms with Gasteiger partial charge in [-0.3, -0.25) is 5.10 Å². The smallest absolute Gasteiger partial charge is 0.327 e. The second-order valence-electron chi connectivity index (χ2n) is 5.78. The number of allylic oxidation sites excluding steroid dienone is 1. The summed E-state index contributed by atoms with van der Waals surface area (Å²) in [6, 6.07) is 8.11. The summed E-state index contributed by atoms with van der Waals surface area (Å²) in [5.41, 5.74) is 4.06. The van der Waals surface area contributed by atoms with Gasteiger partial charge in [0.05, 0.1) is 6.20 Å². The summed E-state index contributed by atoms with van der Waals surface area (Å²) < 4.78 is 0. The molecule has 0 radical (unpaired) electrons. The lowest BCUT2D eigenvalue weighted by atomic mass is 9.88. The minimum atomic E-state index is -0.927. The van der Waals surface area contributed by atoms with E-state index < -0.39 is 5.97 Å². The number of aromatic amines is 1. The predicted octanol–water partition coefficient (Wildman–Crippen LogP) is 3.74. The van der Waals surface area contributed by atoms with Crippen molar-refractivity contribution in [2.75, 3.05) is 0 Å². The molecule has 1 aromatic carbocycles. The van der Waals surface area contributed by atoms with Crippen molar-refractivity contribution in [1.82, 2.24) is 10.2 Å². The van der Waals surface area contributed by atoms with Gasteiger partial charge in [-0.2, -0.15) is 5.10 Å². The fraction of sp³-hybridized carbons (Fsp3) is 0.316. The lowest BCUT2D eigenvalue weighted by Crippen LogP contribution is -2.12. The van der Waals surface area contributed by atoms with Gasteiger partial charge in [0.1, 0.15) is 0 Å². The van der Waals surface area contributed by atoms with E-state index in [-0.39, 0.29) is 5.92 Å². The quantitative estimate of drug-likeness (QED) is 0.484. The van der Waals surface area contributed by atoms with Gasteiger partial charge >= 0.3 is 5.97 Å². The van der Waals surface area contributed by atoms with Crippen molar-refractivity contribution in [3.8, 4) is 0 Å². The second-order valence-corrected chi connectivity index (χ2v) is 5.78. The van der Waals surface area contributed by atoms with E-state index in [9.17, 15) is 4.79 Å². The largest absolute Gasteiger partial charge is 0.478 e. The van der Waals surface area contributed by atoms with Crippen molar-refractivity contribution in [1.29, 1.82) is 5.41 Å². The van der Waals surface area contributed by atoms with Crippen molar-refractivity contribution >= 4 is 11.7 Å². The molecule has 1 heterocycles. The molecule has 2 rings (SSSR count). The number of aromatic nitrogens is 2. The van der Waals surface area contributed by atoms with Crippen LogP contribution in [0.4, 0.5) is 0 Å². The first-order chi connectivity index (χ1) is 11.6. The first-order valence-electron chi connectivity index (χ1n) is 8.13. The van der Waals surface area contributed by atoms with Crippen LogP contribution in [0.5, 0.6) is 0 Å². The van der Waals surface area contributed by atoms with Crippen LogP contribution < -0.4 is 0 Å². The molecule has 0 bridgehead atoms. The molecule has 1 atom stereocenters. The van der Waals surface area contributed by atoms with Crippen LogP contribution in [0.25, 0.3) is 0 Å². The molecule has 0 saturated heterocycles. The molecular weight excluding hydrogens is 302 g/mol. The van der Waals surface area contributed by atoms with Crippen LogP contribution in [0.3, 0.4) is 0 Å². The lowest BCUT2D eigenvalue weighted by molar-refractivity contribution is -0.131. The molecule has 0 fully saturated rings. The van der Waals surface area contributed by atoms with Crippen molar-refractivity contribution in [3.05, 3.63) is 65.5 Å². The van der Waals surface area contributed by atoms with Gasteiger partial charge in [-0.1, -0.05) is 37.3 Å². The van der Waals surface area contributed by atoms with Crippen molar-refractivity contribution in [3.63, 3.8) is 0 Å². The molecule has 2 aromatic rings. The number of H-pyrrole nitrogens is 1. The summed E-state index contributed by atoms with van der Waals surface area (Å²) in [6.07, 6.45) is 9.51. The fourth-order valence-corrected chi connectivity index (χ4v) is 2.73. The maximum atomic E-state index is 10.5. The molecule has 0 spiro atoms. The third-order valence-corrected chi connectivity index (χ3v) is 4.06. The zero-order valence-corrected chi connectivity index (χ0v) is 13.8. The van der Waals surface area contributed by atoms with Gasteiger partial charge in [0.15, 0.2) is 0 Å². The Labute approximate surface area is 141 Å². The molecule has 3 N–H and O–H groups in total. The number of carboxylic acids is 1. The number of nitrogens with zero attached hydrogens (tertiary/aromatic N) is 1. The van der Waals surface area contributed by atoms with Crippen LogP contribution in [0, 0.1) is 5.41 Å². The number of nitrogens with one attached hydrogen (secondary N) is 2. The number of carboxylic acid groups (broad SMARTS) is 1. The van der Waals surface area contributed by atoms with E-state index in [0.717, 1.165) is 47.7 Å². The highest BCUT2D eigenvalue weighted by Crippen LogP contribution is 2.23. The molecule has 24 heavy (non-hydrogen) atoms. The standard InChI is InChI=1S/C19H23N3O2/c1-2-17(18(20)11-8-15-12-21-22-13-15)16-9-6-14(7-10-16)4-3-5-19(23)24/h3,5-7,9-10,12-13,17,20H,2,4,8,11H2,1H3,(H,21,22)(H,23,24)/b5-3+,20-18?/t17-/m0/s1. The maximum absolute atomic E-state index is 10.5. The first-order valence-corrected chi connectivity index (χ1v) is 8.13. The van der Waals surface area contributed by atoms with E-state index in [1.165, 1.54) is 0 Å². The Bertz CT molecular complexity index is 688. The van der Waals surface area contributed by atoms with Crippen molar-refractivity contribution in [2.24, 2.45) is 0 Å². The molecule has 126 valence electrons. The van der Waals surface area contributed by atoms with E-state index in [1.54, 1.807) is 12.3 Å². The third-order valence-electron chi connectivity index (χ3n) is 4.06. The number of aryl methyl sites for hydroxylation is 1. The van der Waals surface area contributed by atoms with E-state index in [4.69, 9.17) is 10.5 Å². The van der Waals surface area contributed by atoms with Crippen LogP contribution in [-0.4, -0.2) is 27.0 Å². The Morgan fingerprint density at radius 2 is 2.08 bits per heavy atom. The molecule has 0 amide bonds. The molecule has 0 aliphatic rings. The molecule has 1 aromatic heterocycles. The molecule has 0 saturated carbocycles. The monoisotopic (exact) mass is 325 g/mol. The second kappa shape index (κ2) is 8.82. The van der Waals surface area contributed by atoms with E-state index in [1.807, 2.05) is 30.5 Å². The minimum absolute atomic E-state index is 0.125. The summed E-state index contributed by atoms with van der Waals surface area (Å²) in [4.78, 5) is 10.5. The average Bonchev–Trinajstić information content (AvgIpc) is 3.08. The Balaban J connectivity index is 1.96. The van der Waals surface area contributed by atoms with E-state index in [2.05, 4.69) is 17.1 Å². The van der Waals surface area contributed by atoms with Gasteiger partial charge < -0.3 is 10.5 Å². The van der Waals surface area contributed by atoms with Gasteiger partial charge in [0.25, 0.3) is 0 Å². The summed E-state index contributed by atoms with van der Waals surface area (Å²) >= 11 is 0. The van der Waals surface area contributed by atoms with Gasteiger partial charge in [0.2, 0.25) is 0 Å². The highest BCUT2D eigenvalue weighted by atomic mass is 16.4. The Morgan fingerprint density at radius 3 is 2.67 bits per heavy atom. The highest BCUT2D eigenvalue weighted by Gasteiger charge is 2.15. The molecular formula is C19H23N3O2. The minimum Gasteiger partial charge on any atom is -0.478 e. The van der Waals surface area contributed by atoms with Crippen LogP contribution >= 0.6 is 0 Å². The van der Waals surface area contributed by atoms with Crippen LogP contribution in [0.1, 0.15) is 42.4 Å². The predicted molar refractivity (Wildman–Crippen MR) is 94.6 cm³/mol. The topological polar surface area (TPSA) is 89.8 Å². The fourth-order valence-electron chi connectivity index (χ4n) is 2.73. The van der Waals surface area contributed by atoms with Gasteiger partial charge in [0, 0.05) is 23.9 Å². The summed E-state index contributed by atoms with van der Waals surface area (Å²) in [6.45, 7) is 2.10. The zero-order valence-electron chi connectivity index (χ0n) is 13.8. The van der Waals surface area contributed by atoms with Crippen LogP contribution in [0.2, 0.25) is 0 Å². The number of hydrogen-bond donors (Lipinski definition) is 3. The summed E-state index contributed by atoms with van der Waals surface area (Å²) in [5.74, 6) is -0.802. The third kappa shape index (κ3) is 5.19. The van der Waals surface area contributed by atoms with Crippen LogP contribution in [-0.2, 0) is 17.6 Å². The number of aliphatic carboxylic acids is 1. The normalized spacial score (nSPS) is 12.4. The van der Waals surface area contributed by atoms with Crippen LogP contribution in [0.15, 0.2) is 48.8 Å². The number of benzene rings is 1. The number of hydrogen-bond acceptors (Lipinski definition) is 3. The first kappa shape index (κ1) is 17.7. The van der Waals surface area contributed by atoms with Gasteiger partial charge in [-0.15, -0.1) is 0 Å². The molecule has 5 heteroatoms. The zero-order chi connectivity index (χ0) is 17.4. The molecule has 0 aliphatic carbocycles. The summed E-state index contributed by atoms with van der Waals surface area (Å²) in [5, 5.41) is 23.7. The Kier molecular flexibility index (Phi) is 6.49. The Hall–Kier alpha value is -2.69. The average molecular weight is 325 g/mol. The molecule has 5 nitrogen and oxygen atoms in total.